The van der Waals surface area contributed by atoms with Crippen molar-refractivity contribution in [3.8, 4) is 5.75 Å². The number of hydrogen-bond acceptors (Lipinski definition) is 4. The molecule has 3 rings (SSSR count). The van der Waals surface area contributed by atoms with E-state index in [-0.39, 0.29) is 35.6 Å². The molecule has 0 unspecified atom stereocenters. The third-order valence-corrected chi connectivity index (χ3v) is 5.91. The predicted molar refractivity (Wildman–Crippen MR) is 115 cm³/mol. The van der Waals surface area contributed by atoms with Crippen LogP contribution in [0, 0.1) is 5.82 Å². The number of hydrogen-bond donors (Lipinski definition) is 3. The van der Waals surface area contributed by atoms with Crippen LogP contribution >= 0.6 is 0 Å². The molecule has 31 heavy (non-hydrogen) atoms. The Morgan fingerprint density at radius 3 is 2.48 bits per heavy atom. The van der Waals surface area contributed by atoms with Gasteiger partial charge in [-0.05, 0) is 43.4 Å². The quantitative estimate of drug-likeness (QED) is 0.592. The Kier molecular flexibility index (Phi) is 7.63. The van der Waals surface area contributed by atoms with Crippen molar-refractivity contribution in [2.24, 2.45) is 0 Å². The van der Waals surface area contributed by atoms with Crippen LogP contribution in [0.5, 0.6) is 5.75 Å². The van der Waals surface area contributed by atoms with Gasteiger partial charge in [-0.1, -0.05) is 42.5 Å². The molecule has 6 nitrogen and oxygen atoms in total. The summed E-state index contributed by atoms with van der Waals surface area (Å²) in [5.41, 5.74) is 0.685. The smallest absolute Gasteiger partial charge is 0.257 e. The molecule has 0 saturated heterocycles. The van der Waals surface area contributed by atoms with E-state index in [0.717, 1.165) is 5.56 Å². The molecule has 0 aromatic heterocycles. The summed E-state index contributed by atoms with van der Waals surface area (Å²) in [6, 6.07) is 15.5. The number of aliphatic hydroxyl groups excluding tert-OH is 1. The number of ether oxygens (including phenoxy) is 1. The van der Waals surface area contributed by atoms with E-state index in [1.807, 2.05) is 30.3 Å². The van der Waals surface area contributed by atoms with Gasteiger partial charge in [0.05, 0.1) is 12.1 Å². The first kappa shape index (κ1) is 22.7. The molecule has 166 valence electrons. The molecule has 2 aromatic carbocycles. The molecule has 0 radical (unpaired) electrons. The van der Waals surface area contributed by atoms with E-state index < -0.39 is 11.9 Å². The molecule has 1 fully saturated rings. The highest BCUT2D eigenvalue weighted by atomic mass is 19.1. The molecular weight excluding hydrogens is 399 g/mol. The minimum Gasteiger partial charge on any atom is -0.481 e. The first-order chi connectivity index (χ1) is 14.9. The Balaban J connectivity index is 1.69. The lowest BCUT2D eigenvalue weighted by atomic mass is 9.74. The SMILES string of the molecule is CC(=O)N[C@H]1CC[C@](CNC(=O)COc2ccccc2F)(c2ccccc2)CC[C@@H]1O. The first-order valence-corrected chi connectivity index (χ1v) is 10.5. The van der Waals surface area contributed by atoms with Crippen molar-refractivity contribution in [3.63, 3.8) is 0 Å². The van der Waals surface area contributed by atoms with Crippen LogP contribution in [0.4, 0.5) is 4.39 Å². The molecule has 1 aliphatic carbocycles. The molecule has 7 heteroatoms. The molecule has 1 aliphatic rings. The molecular formula is C24H29FN2O4. The van der Waals surface area contributed by atoms with Crippen LogP contribution in [-0.4, -0.2) is 42.2 Å². The van der Waals surface area contributed by atoms with Crippen LogP contribution in [0.1, 0.15) is 38.2 Å². The summed E-state index contributed by atoms with van der Waals surface area (Å²) < 4.78 is 19.0. The topological polar surface area (TPSA) is 87.7 Å². The number of benzene rings is 2. The maximum Gasteiger partial charge on any atom is 0.257 e. The van der Waals surface area contributed by atoms with Crippen LogP contribution in [0.3, 0.4) is 0 Å². The van der Waals surface area contributed by atoms with E-state index in [1.165, 1.54) is 19.1 Å². The molecule has 2 aromatic rings. The number of amides is 2. The predicted octanol–water partition coefficient (Wildman–Crippen LogP) is 2.70. The lowest BCUT2D eigenvalue weighted by Crippen LogP contribution is -2.43. The standard InChI is InChI=1S/C24H29FN2O4/c1-17(28)27-20-11-13-24(14-12-21(20)29,18-7-3-2-4-8-18)16-26-23(30)15-31-22-10-6-5-9-19(22)25/h2-10,20-21,29H,11-16H2,1H3,(H,26,30)(H,27,28)/t20-,21-,24-/m0/s1. The zero-order chi connectivity index (χ0) is 22.3. The van der Waals surface area contributed by atoms with Crippen LogP contribution in [0.2, 0.25) is 0 Å². The monoisotopic (exact) mass is 428 g/mol. The van der Waals surface area contributed by atoms with Gasteiger partial charge in [-0.2, -0.15) is 0 Å². The summed E-state index contributed by atoms with van der Waals surface area (Å²) >= 11 is 0. The number of nitrogens with one attached hydrogen (secondary N) is 2. The number of para-hydroxylation sites is 1. The van der Waals surface area contributed by atoms with Gasteiger partial charge in [-0.3, -0.25) is 9.59 Å². The zero-order valence-electron chi connectivity index (χ0n) is 17.6. The Labute approximate surface area is 181 Å². The first-order valence-electron chi connectivity index (χ1n) is 10.5. The van der Waals surface area contributed by atoms with E-state index in [2.05, 4.69) is 10.6 Å². The van der Waals surface area contributed by atoms with Crippen LogP contribution in [0.15, 0.2) is 54.6 Å². The fourth-order valence-electron chi connectivity index (χ4n) is 4.19. The van der Waals surface area contributed by atoms with Gasteiger partial charge in [0.1, 0.15) is 0 Å². The maximum absolute atomic E-state index is 13.7. The van der Waals surface area contributed by atoms with E-state index in [9.17, 15) is 19.1 Å². The van der Waals surface area contributed by atoms with E-state index in [1.54, 1.807) is 12.1 Å². The molecule has 3 atom stereocenters. The summed E-state index contributed by atoms with van der Waals surface area (Å²) in [7, 11) is 0. The van der Waals surface area contributed by atoms with Crippen LogP contribution in [0.25, 0.3) is 0 Å². The van der Waals surface area contributed by atoms with Crippen molar-refractivity contribution in [2.45, 2.75) is 50.2 Å². The van der Waals surface area contributed by atoms with Gasteiger partial charge in [0.2, 0.25) is 5.91 Å². The Morgan fingerprint density at radius 1 is 1.10 bits per heavy atom. The minimum absolute atomic E-state index is 0.0335. The number of carbonyl (C=O) groups excluding carboxylic acids is 2. The van der Waals surface area contributed by atoms with Crippen molar-refractivity contribution in [3.05, 3.63) is 66.0 Å². The van der Waals surface area contributed by atoms with Gasteiger partial charge < -0.3 is 20.5 Å². The third kappa shape index (κ3) is 6.04. The van der Waals surface area contributed by atoms with Crippen molar-refractivity contribution in [1.82, 2.24) is 10.6 Å². The minimum atomic E-state index is -0.644. The van der Waals surface area contributed by atoms with E-state index in [0.29, 0.717) is 32.2 Å². The normalized spacial score (nSPS) is 23.5. The van der Waals surface area contributed by atoms with Crippen molar-refractivity contribution < 1.29 is 23.8 Å². The molecule has 0 bridgehead atoms. The second-order valence-electron chi connectivity index (χ2n) is 8.09. The largest absolute Gasteiger partial charge is 0.481 e. The zero-order valence-corrected chi connectivity index (χ0v) is 17.6. The van der Waals surface area contributed by atoms with Crippen molar-refractivity contribution >= 4 is 11.8 Å². The van der Waals surface area contributed by atoms with Crippen LogP contribution < -0.4 is 15.4 Å². The molecule has 0 aliphatic heterocycles. The Bertz CT molecular complexity index is 892. The molecule has 1 saturated carbocycles. The van der Waals surface area contributed by atoms with Gasteiger partial charge >= 0.3 is 0 Å². The summed E-state index contributed by atoms with van der Waals surface area (Å²) in [5, 5.41) is 16.3. The highest BCUT2D eigenvalue weighted by molar-refractivity contribution is 5.77. The summed E-state index contributed by atoms with van der Waals surface area (Å²) in [6.45, 7) is 1.51. The van der Waals surface area contributed by atoms with Gasteiger partial charge in [-0.15, -0.1) is 0 Å². The number of carbonyl (C=O) groups is 2. The van der Waals surface area contributed by atoms with Gasteiger partial charge in [0.15, 0.2) is 18.2 Å². The average Bonchev–Trinajstić information content (AvgIpc) is 2.92. The van der Waals surface area contributed by atoms with Gasteiger partial charge in [-0.25, -0.2) is 4.39 Å². The second kappa shape index (κ2) is 10.4. The number of aliphatic hydroxyl groups is 1. The maximum atomic E-state index is 13.7. The average molecular weight is 429 g/mol. The second-order valence-corrected chi connectivity index (χ2v) is 8.09. The van der Waals surface area contributed by atoms with Crippen LogP contribution in [-0.2, 0) is 15.0 Å². The lowest BCUT2D eigenvalue weighted by Gasteiger charge is -2.34. The number of rotatable bonds is 7. The fourth-order valence-corrected chi connectivity index (χ4v) is 4.19. The fraction of sp³-hybridized carbons (Fsp3) is 0.417. The van der Waals surface area contributed by atoms with Gasteiger partial charge in [0.25, 0.3) is 5.91 Å². The molecule has 0 spiro atoms. The molecule has 2 amide bonds. The summed E-state index contributed by atoms with van der Waals surface area (Å²) in [4.78, 5) is 23.9. The number of halogens is 1. The van der Waals surface area contributed by atoms with Gasteiger partial charge in [0, 0.05) is 18.9 Å². The highest BCUT2D eigenvalue weighted by Gasteiger charge is 2.38. The Hall–Kier alpha value is -2.93. The summed E-state index contributed by atoms with van der Waals surface area (Å²) in [6.07, 6.45) is 1.80. The van der Waals surface area contributed by atoms with E-state index in [4.69, 9.17) is 4.74 Å². The molecule has 3 N–H and O–H groups in total. The highest BCUT2D eigenvalue weighted by Crippen LogP contribution is 2.38. The lowest BCUT2D eigenvalue weighted by molar-refractivity contribution is -0.123. The Morgan fingerprint density at radius 2 is 1.77 bits per heavy atom. The molecule has 0 heterocycles. The van der Waals surface area contributed by atoms with Crippen molar-refractivity contribution in [2.75, 3.05) is 13.2 Å². The summed E-state index contributed by atoms with van der Waals surface area (Å²) in [5.74, 6) is -0.999. The third-order valence-electron chi connectivity index (χ3n) is 5.91. The van der Waals surface area contributed by atoms with Crippen molar-refractivity contribution in [1.29, 1.82) is 0 Å². The van der Waals surface area contributed by atoms with E-state index >= 15 is 0 Å².